The molecule has 6 nitrogen and oxygen atoms in total. The molecule has 7 heteroatoms. The van der Waals surface area contributed by atoms with Gasteiger partial charge in [0.1, 0.15) is 17.3 Å². The molecule has 4 rings (SSSR count). The van der Waals surface area contributed by atoms with Crippen molar-refractivity contribution < 1.29 is 23.8 Å². The number of hydrogen-bond acceptors (Lipinski definition) is 5. The Bertz CT molecular complexity index is 1270. The minimum atomic E-state index is -0.813. The van der Waals surface area contributed by atoms with Gasteiger partial charge in [0.05, 0.1) is 18.2 Å². The minimum Gasteiger partial charge on any atom is -0.507 e. The van der Waals surface area contributed by atoms with Crippen LogP contribution in [-0.4, -0.2) is 42.4 Å². The Labute approximate surface area is 203 Å². The Hall–Kier alpha value is -4.13. The van der Waals surface area contributed by atoms with Crippen LogP contribution in [0, 0.1) is 5.82 Å². The van der Waals surface area contributed by atoms with E-state index in [4.69, 9.17) is 4.74 Å². The number of aliphatic hydroxyl groups is 1. The topological polar surface area (TPSA) is 70.1 Å². The van der Waals surface area contributed by atoms with Crippen LogP contribution in [0.2, 0.25) is 0 Å². The van der Waals surface area contributed by atoms with Crippen molar-refractivity contribution >= 4 is 23.1 Å². The van der Waals surface area contributed by atoms with Crippen molar-refractivity contribution in [3.63, 3.8) is 0 Å². The van der Waals surface area contributed by atoms with E-state index in [0.717, 1.165) is 11.3 Å². The first-order valence-electron chi connectivity index (χ1n) is 11.3. The summed E-state index contributed by atoms with van der Waals surface area (Å²) in [5.74, 6) is -1.63. The molecule has 1 unspecified atom stereocenters. The number of ether oxygens (including phenoxy) is 1. The number of likely N-dealkylation sites (tertiary alicyclic amines) is 1. The van der Waals surface area contributed by atoms with Crippen LogP contribution >= 0.6 is 0 Å². The van der Waals surface area contributed by atoms with Gasteiger partial charge in [-0.05, 0) is 66.6 Å². The number of nitrogens with zero attached hydrogens (tertiary/aromatic N) is 2. The third-order valence-electron chi connectivity index (χ3n) is 5.95. The summed E-state index contributed by atoms with van der Waals surface area (Å²) >= 11 is 0. The Balaban J connectivity index is 1.82. The zero-order valence-corrected chi connectivity index (χ0v) is 19.9. The molecule has 0 radical (unpaired) electrons. The molecule has 180 valence electrons. The number of rotatable bonds is 7. The van der Waals surface area contributed by atoms with E-state index in [2.05, 4.69) is 0 Å². The van der Waals surface area contributed by atoms with Crippen LogP contribution in [0.5, 0.6) is 5.75 Å². The fourth-order valence-corrected chi connectivity index (χ4v) is 4.20. The van der Waals surface area contributed by atoms with Crippen LogP contribution in [0.25, 0.3) is 5.76 Å². The number of hydrogen-bond donors (Lipinski definition) is 1. The Morgan fingerprint density at radius 3 is 2.34 bits per heavy atom. The second-order valence-electron chi connectivity index (χ2n) is 8.50. The molecule has 1 atom stereocenters. The van der Waals surface area contributed by atoms with Crippen molar-refractivity contribution in [2.24, 2.45) is 0 Å². The van der Waals surface area contributed by atoms with E-state index >= 15 is 0 Å². The molecular weight excluding hydrogens is 447 g/mol. The SMILES string of the molecule is CCOc1cccc(CN2C(=O)C(=O)/C(=C(\O)c3ccc(F)cc3)C2c2ccc(N(C)C)cc2)c1. The van der Waals surface area contributed by atoms with Crippen molar-refractivity contribution in [3.8, 4) is 5.75 Å². The predicted molar refractivity (Wildman–Crippen MR) is 133 cm³/mol. The lowest BCUT2D eigenvalue weighted by Crippen LogP contribution is -2.29. The Morgan fingerprint density at radius 1 is 1.03 bits per heavy atom. The van der Waals surface area contributed by atoms with Crippen LogP contribution in [0.4, 0.5) is 10.1 Å². The number of ketones is 1. The van der Waals surface area contributed by atoms with E-state index in [9.17, 15) is 19.1 Å². The van der Waals surface area contributed by atoms with Gasteiger partial charge in [-0.15, -0.1) is 0 Å². The highest BCUT2D eigenvalue weighted by Gasteiger charge is 2.46. The summed E-state index contributed by atoms with van der Waals surface area (Å²) in [4.78, 5) is 29.8. The maximum atomic E-state index is 13.5. The summed E-state index contributed by atoms with van der Waals surface area (Å²) < 4.78 is 19.0. The average Bonchev–Trinajstić information content (AvgIpc) is 3.09. The zero-order valence-electron chi connectivity index (χ0n) is 19.9. The number of Topliss-reactive ketones (excluding diaryl/α,β-unsaturated/α-hetero) is 1. The lowest BCUT2D eigenvalue weighted by Gasteiger charge is -2.26. The van der Waals surface area contributed by atoms with Gasteiger partial charge in [0.15, 0.2) is 0 Å². The lowest BCUT2D eigenvalue weighted by molar-refractivity contribution is -0.140. The zero-order chi connectivity index (χ0) is 25.1. The number of benzene rings is 3. The molecule has 0 aliphatic carbocycles. The Kier molecular flexibility index (Phi) is 6.87. The van der Waals surface area contributed by atoms with Crippen molar-refractivity contribution in [3.05, 3.63) is 101 Å². The molecule has 3 aromatic rings. The highest BCUT2D eigenvalue weighted by Crippen LogP contribution is 2.40. The molecule has 1 fully saturated rings. The van der Waals surface area contributed by atoms with Crippen LogP contribution in [0.15, 0.2) is 78.4 Å². The largest absolute Gasteiger partial charge is 0.507 e. The van der Waals surface area contributed by atoms with Crippen LogP contribution in [0.1, 0.15) is 29.7 Å². The van der Waals surface area contributed by atoms with Crippen LogP contribution in [-0.2, 0) is 16.1 Å². The van der Waals surface area contributed by atoms with E-state index in [1.54, 1.807) is 0 Å². The number of amides is 1. The summed E-state index contributed by atoms with van der Waals surface area (Å²) in [5.41, 5.74) is 2.65. The highest BCUT2D eigenvalue weighted by molar-refractivity contribution is 6.46. The standard InChI is InChI=1S/C28H27FN2O4/c1-4-35-23-7-5-6-18(16-23)17-31-25(19-10-14-22(15-11-19)30(2)3)24(27(33)28(31)34)26(32)20-8-12-21(29)13-9-20/h5-16,25,32H,4,17H2,1-3H3/b26-24-. The van der Waals surface area contributed by atoms with Gasteiger partial charge in [0.25, 0.3) is 11.7 Å². The molecule has 1 saturated heterocycles. The van der Waals surface area contributed by atoms with Gasteiger partial charge in [-0.2, -0.15) is 0 Å². The summed E-state index contributed by atoms with van der Waals surface area (Å²) in [6.45, 7) is 2.54. The summed E-state index contributed by atoms with van der Waals surface area (Å²) in [6.07, 6.45) is 0. The minimum absolute atomic E-state index is 0.0276. The molecule has 1 N–H and O–H groups in total. The van der Waals surface area contributed by atoms with Crippen LogP contribution < -0.4 is 9.64 Å². The molecule has 0 saturated carbocycles. The molecule has 0 bridgehead atoms. The van der Waals surface area contributed by atoms with E-state index in [0.29, 0.717) is 17.9 Å². The molecule has 0 spiro atoms. The second kappa shape index (κ2) is 10.0. The number of carbonyl (C=O) groups excluding carboxylic acids is 2. The first kappa shape index (κ1) is 24.0. The third kappa shape index (κ3) is 4.89. The maximum absolute atomic E-state index is 13.5. The molecule has 1 aliphatic heterocycles. The van der Waals surface area contributed by atoms with Crippen LogP contribution in [0.3, 0.4) is 0 Å². The summed E-state index contributed by atoms with van der Waals surface area (Å²) in [7, 11) is 3.84. The van der Waals surface area contributed by atoms with Gasteiger partial charge in [0, 0.05) is 31.9 Å². The molecule has 35 heavy (non-hydrogen) atoms. The van der Waals surface area contributed by atoms with Crippen molar-refractivity contribution in [2.45, 2.75) is 19.5 Å². The molecule has 1 heterocycles. The van der Waals surface area contributed by atoms with E-state index in [1.807, 2.05) is 74.4 Å². The normalized spacial score (nSPS) is 17.0. The second-order valence-corrected chi connectivity index (χ2v) is 8.50. The average molecular weight is 475 g/mol. The van der Waals surface area contributed by atoms with Gasteiger partial charge in [-0.3, -0.25) is 9.59 Å². The van der Waals surface area contributed by atoms with Gasteiger partial charge in [-0.25, -0.2) is 4.39 Å². The molecule has 3 aromatic carbocycles. The first-order chi connectivity index (χ1) is 16.8. The Morgan fingerprint density at radius 2 is 1.71 bits per heavy atom. The quantitative estimate of drug-likeness (QED) is 0.299. The van der Waals surface area contributed by atoms with Crippen molar-refractivity contribution in [2.75, 3.05) is 25.6 Å². The number of anilines is 1. The fraction of sp³-hybridized carbons (Fsp3) is 0.214. The van der Waals surface area contributed by atoms with Crippen molar-refractivity contribution in [1.82, 2.24) is 4.90 Å². The van der Waals surface area contributed by atoms with Gasteiger partial charge < -0.3 is 19.6 Å². The molecule has 1 amide bonds. The van der Waals surface area contributed by atoms with Gasteiger partial charge in [0.2, 0.25) is 0 Å². The number of halogens is 1. The number of carbonyl (C=O) groups is 2. The van der Waals surface area contributed by atoms with E-state index in [1.165, 1.54) is 29.2 Å². The van der Waals surface area contributed by atoms with Gasteiger partial charge in [-0.1, -0.05) is 24.3 Å². The third-order valence-corrected chi connectivity index (χ3v) is 5.95. The maximum Gasteiger partial charge on any atom is 0.295 e. The molecule has 0 aromatic heterocycles. The fourth-order valence-electron chi connectivity index (χ4n) is 4.20. The smallest absolute Gasteiger partial charge is 0.295 e. The lowest BCUT2D eigenvalue weighted by atomic mass is 9.95. The number of aliphatic hydroxyl groups excluding tert-OH is 1. The molecule has 1 aliphatic rings. The van der Waals surface area contributed by atoms with E-state index in [-0.39, 0.29) is 23.4 Å². The first-order valence-corrected chi connectivity index (χ1v) is 11.3. The summed E-state index contributed by atoms with van der Waals surface area (Å²) in [6, 6.07) is 19.2. The van der Waals surface area contributed by atoms with E-state index < -0.39 is 23.5 Å². The predicted octanol–water partition coefficient (Wildman–Crippen LogP) is 4.91. The van der Waals surface area contributed by atoms with Crippen molar-refractivity contribution in [1.29, 1.82) is 0 Å². The monoisotopic (exact) mass is 474 g/mol. The summed E-state index contributed by atoms with van der Waals surface area (Å²) in [5, 5.41) is 11.1. The highest BCUT2D eigenvalue weighted by atomic mass is 19.1. The molecular formula is C28H27FN2O4. The van der Waals surface area contributed by atoms with Gasteiger partial charge >= 0.3 is 0 Å².